The molecule has 1 aliphatic rings. The Bertz CT molecular complexity index is 1260. The molecule has 2 aromatic carbocycles. The summed E-state index contributed by atoms with van der Waals surface area (Å²) >= 11 is 0. The van der Waals surface area contributed by atoms with E-state index in [1.54, 1.807) is 29.4 Å². The number of amides is 2. The number of anilines is 1. The summed E-state index contributed by atoms with van der Waals surface area (Å²) in [5.41, 5.74) is 5.19. The van der Waals surface area contributed by atoms with Crippen LogP contribution in [0.15, 0.2) is 73.1 Å². The Morgan fingerprint density at radius 3 is 2.73 bits per heavy atom. The average Bonchev–Trinajstić information content (AvgIpc) is 3.22. The van der Waals surface area contributed by atoms with Crippen LogP contribution in [0, 0.1) is 6.92 Å². The van der Waals surface area contributed by atoms with Crippen LogP contribution in [0.4, 0.5) is 5.69 Å². The summed E-state index contributed by atoms with van der Waals surface area (Å²) in [7, 11) is 0. The Kier molecular flexibility index (Phi) is 4.32. The maximum atomic E-state index is 13.3. The van der Waals surface area contributed by atoms with Gasteiger partial charge in [0.25, 0.3) is 5.91 Å². The molecule has 4 aromatic rings. The average molecular weight is 396 g/mol. The van der Waals surface area contributed by atoms with Crippen LogP contribution in [0.2, 0.25) is 0 Å². The zero-order chi connectivity index (χ0) is 20.7. The SMILES string of the molecule is Cc1[nH]c2ccccc2c1[C@@H]1c2ccccc2C(=O)N1CC(=O)Nc1cccnc1. The molecular weight excluding hydrogens is 376 g/mol. The number of aromatic nitrogens is 2. The van der Waals surface area contributed by atoms with Gasteiger partial charge in [0, 0.05) is 33.9 Å². The topological polar surface area (TPSA) is 78.1 Å². The third kappa shape index (κ3) is 2.93. The van der Waals surface area contributed by atoms with Gasteiger partial charge in [-0.15, -0.1) is 0 Å². The molecule has 3 heterocycles. The van der Waals surface area contributed by atoms with Crippen molar-refractivity contribution in [2.75, 3.05) is 11.9 Å². The van der Waals surface area contributed by atoms with Gasteiger partial charge in [0.1, 0.15) is 6.54 Å². The molecular formula is C24H20N4O2. The van der Waals surface area contributed by atoms with Gasteiger partial charge in [0.15, 0.2) is 0 Å². The Morgan fingerprint density at radius 1 is 1.10 bits per heavy atom. The highest BCUT2D eigenvalue weighted by Crippen LogP contribution is 2.42. The second-order valence-corrected chi connectivity index (χ2v) is 7.42. The van der Waals surface area contributed by atoms with Gasteiger partial charge in [0.05, 0.1) is 17.9 Å². The lowest BCUT2D eigenvalue weighted by molar-refractivity contribution is -0.117. The fraction of sp³-hybridized carbons (Fsp3) is 0.125. The second kappa shape index (κ2) is 7.15. The van der Waals surface area contributed by atoms with Gasteiger partial charge in [-0.1, -0.05) is 36.4 Å². The van der Waals surface area contributed by atoms with Crippen molar-refractivity contribution in [3.05, 3.63) is 95.4 Å². The number of carbonyl (C=O) groups excluding carboxylic acids is 2. The standard InChI is InChI=1S/C24H20N4O2/c1-15-22(19-10-4-5-11-20(19)26-15)23-17-8-2-3-9-18(17)24(30)28(23)14-21(29)27-16-7-6-12-25-13-16/h2-13,23,26H,14H2,1H3,(H,27,29)/t23-/m0/s1. The molecule has 1 aliphatic heterocycles. The number of aryl methyl sites for hydroxylation is 1. The zero-order valence-corrected chi connectivity index (χ0v) is 16.4. The van der Waals surface area contributed by atoms with E-state index in [4.69, 9.17) is 0 Å². The highest BCUT2D eigenvalue weighted by Gasteiger charge is 2.40. The summed E-state index contributed by atoms with van der Waals surface area (Å²) in [6, 6.07) is 18.8. The summed E-state index contributed by atoms with van der Waals surface area (Å²) in [4.78, 5) is 35.1. The molecule has 0 saturated heterocycles. The van der Waals surface area contributed by atoms with Crippen molar-refractivity contribution in [3.8, 4) is 0 Å². The van der Waals surface area contributed by atoms with Gasteiger partial charge in [-0.3, -0.25) is 14.6 Å². The number of nitrogens with one attached hydrogen (secondary N) is 2. The molecule has 1 atom stereocenters. The van der Waals surface area contributed by atoms with Crippen molar-refractivity contribution in [1.29, 1.82) is 0 Å². The van der Waals surface area contributed by atoms with E-state index in [0.29, 0.717) is 11.3 Å². The van der Waals surface area contributed by atoms with E-state index in [1.165, 1.54) is 0 Å². The second-order valence-electron chi connectivity index (χ2n) is 7.42. The molecule has 0 fully saturated rings. The van der Waals surface area contributed by atoms with Crippen molar-refractivity contribution in [1.82, 2.24) is 14.9 Å². The molecule has 0 saturated carbocycles. The summed E-state index contributed by atoms with van der Waals surface area (Å²) in [6.45, 7) is 1.96. The number of pyridine rings is 1. The van der Waals surface area contributed by atoms with Crippen LogP contribution < -0.4 is 5.32 Å². The van der Waals surface area contributed by atoms with Gasteiger partial charge in [-0.05, 0) is 36.8 Å². The van der Waals surface area contributed by atoms with Gasteiger partial charge >= 0.3 is 0 Å². The highest BCUT2D eigenvalue weighted by molar-refractivity contribution is 6.04. The first-order valence-corrected chi connectivity index (χ1v) is 9.80. The van der Waals surface area contributed by atoms with E-state index >= 15 is 0 Å². The van der Waals surface area contributed by atoms with E-state index in [1.807, 2.05) is 55.5 Å². The largest absolute Gasteiger partial charge is 0.358 e. The van der Waals surface area contributed by atoms with Crippen molar-refractivity contribution >= 4 is 28.4 Å². The number of hydrogen-bond acceptors (Lipinski definition) is 3. The summed E-state index contributed by atoms with van der Waals surface area (Å²) < 4.78 is 0. The summed E-state index contributed by atoms with van der Waals surface area (Å²) in [5.74, 6) is -0.395. The van der Waals surface area contributed by atoms with Gasteiger partial charge in [-0.25, -0.2) is 0 Å². The van der Waals surface area contributed by atoms with Crippen molar-refractivity contribution < 1.29 is 9.59 Å². The zero-order valence-electron chi connectivity index (χ0n) is 16.4. The number of para-hydroxylation sites is 1. The number of rotatable bonds is 4. The van der Waals surface area contributed by atoms with Crippen LogP contribution in [0.3, 0.4) is 0 Å². The Labute approximate surface area is 173 Å². The van der Waals surface area contributed by atoms with Crippen LogP contribution >= 0.6 is 0 Å². The monoisotopic (exact) mass is 396 g/mol. The first kappa shape index (κ1) is 18.1. The molecule has 0 bridgehead atoms. The first-order valence-electron chi connectivity index (χ1n) is 9.80. The molecule has 148 valence electrons. The highest BCUT2D eigenvalue weighted by atomic mass is 16.2. The lowest BCUT2D eigenvalue weighted by Gasteiger charge is -2.25. The Hall–Kier alpha value is -3.93. The predicted octanol–water partition coefficient (Wildman–Crippen LogP) is 4.06. The van der Waals surface area contributed by atoms with Crippen LogP contribution in [-0.2, 0) is 4.79 Å². The molecule has 2 aromatic heterocycles. The third-order valence-corrected chi connectivity index (χ3v) is 5.53. The van der Waals surface area contributed by atoms with E-state index in [9.17, 15) is 9.59 Å². The molecule has 2 N–H and O–H groups in total. The lowest BCUT2D eigenvalue weighted by atomic mass is 9.95. The quantitative estimate of drug-likeness (QED) is 0.546. The number of hydrogen-bond donors (Lipinski definition) is 2. The molecule has 0 radical (unpaired) electrons. The van der Waals surface area contributed by atoms with E-state index < -0.39 is 0 Å². The number of benzene rings is 2. The summed E-state index contributed by atoms with van der Waals surface area (Å²) in [6.07, 6.45) is 3.23. The van der Waals surface area contributed by atoms with Crippen molar-refractivity contribution in [3.63, 3.8) is 0 Å². The number of fused-ring (bicyclic) bond motifs is 2. The number of aromatic amines is 1. The third-order valence-electron chi connectivity index (χ3n) is 5.53. The molecule has 6 nitrogen and oxygen atoms in total. The molecule has 30 heavy (non-hydrogen) atoms. The molecule has 2 amide bonds. The number of carbonyl (C=O) groups is 2. The molecule has 0 unspecified atom stereocenters. The lowest BCUT2D eigenvalue weighted by Crippen LogP contribution is -2.36. The van der Waals surface area contributed by atoms with Gasteiger partial charge in [0.2, 0.25) is 5.91 Å². The first-order chi connectivity index (χ1) is 14.6. The normalized spacial score (nSPS) is 15.4. The molecule has 6 heteroatoms. The van der Waals surface area contributed by atoms with Crippen LogP contribution in [0.5, 0.6) is 0 Å². The minimum absolute atomic E-state index is 0.0496. The van der Waals surface area contributed by atoms with Crippen molar-refractivity contribution in [2.45, 2.75) is 13.0 Å². The van der Waals surface area contributed by atoms with Crippen LogP contribution in [0.25, 0.3) is 10.9 Å². The molecule has 5 rings (SSSR count). The molecule has 0 spiro atoms. The Morgan fingerprint density at radius 2 is 1.90 bits per heavy atom. The smallest absolute Gasteiger partial charge is 0.255 e. The summed E-state index contributed by atoms with van der Waals surface area (Å²) in [5, 5.41) is 3.89. The van der Waals surface area contributed by atoms with Crippen LogP contribution in [-0.4, -0.2) is 33.2 Å². The van der Waals surface area contributed by atoms with Gasteiger partial charge < -0.3 is 15.2 Å². The fourth-order valence-corrected chi connectivity index (χ4v) is 4.29. The van der Waals surface area contributed by atoms with E-state index in [-0.39, 0.29) is 24.4 Å². The maximum Gasteiger partial charge on any atom is 0.255 e. The van der Waals surface area contributed by atoms with E-state index in [2.05, 4.69) is 15.3 Å². The Balaban J connectivity index is 1.56. The van der Waals surface area contributed by atoms with Crippen molar-refractivity contribution in [2.24, 2.45) is 0 Å². The maximum absolute atomic E-state index is 13.3. The molecule has 0 aliphatic carbocycles. The van der Waals surface area contributed by atoms with Gasteiger partial charge in [-0.2, -0.15) is 0 Å². The van der Waals surface area contributed by atoms with Crippen LogP contribution in [0.1, 0.15) is 33.2 Å². The minimum atomic E-state index is -0.329. The number of nitrogens with zero attached hydrogens (tertiary/aromatic N) is 2. The van der Waals surface area contributed by atoms with E-state index in [0.717, 1.165) is 27.7 Å². The minimum Gasteiger partial charge on any atom is -0.358 e. The fourth-order valence-electron chi connectivity index (χ4n) is 4.29. The predicted molar refractivity (Wildman–Crippen MR) is 115 cm³/mol. The number of H-pyrrole nitrogens is 1.